The van der Waals surface area contributed by atoms with Gasteiger partial charge in [-0.1, -0.05) is 54.1 Å². The number of piperazine rings is 1. The van der Waals surface area contributed by atoms with E-state index in [1.54, 1.807) is 0 Å². The summed E-state index contributed by atoms with van der Waals surface area (Å²) in [5, 5.41) is 0.731. The minimum atomic E-state index is 0.669. The van der Waals surface area contributed by atoms with Crippen LogP contribution in [0.4, 0.5) is 5.69 Å². The lowest BCUT2D eigenvalue weighted by molar-refractivity contribution is 0.250. The van der Waals surface area contributed by atoms with E-state index in [2.05, 4.69) is 64.4 Å². The topological polar surface area (TPSA) is 15.7 Å². The van der Waals surface area contributed by atoms with E-state index >= 15 is 0 Å². The fourth-order valence-corrected chi connectivity index (χ4v) is 3.82. The van der Waals surface area contributed by atoms with E-state index in [0.29, 0.717) is 6.61 Å². The Kier molecular flexibility index (Phi) is 6.71. The molecule has 0 unspecified atom stereocenters. The molecule has 1 heterocycles. The molecule has 0 atom stereocenters. The Balaban J connectivity index is 1.21. The summed E-state index contributed by atoms with van der Waals surface area (Å²) in [5.41, 5.74) is 4.01. The number of nitrogens with zero attached hydrogens (tertiary/aromatic N) is 2. The fourth-order valence-electron chi connectivity index (χ4n) is 3.69. The van der Waals surface area contributed by atoms with Crippen molar-refractivity contribution in [3.8, 4) is 5.75 Å². The van der Waals surface area contributed by atoms with Crippen LogP contribution in [0.2, 0.25) is 5.02 Å². The van der Waals surface area contributed by atoms with Crippen molar-refractivity contribution in [2.75, 3.05) is 37.7 Å². The van der Waals surface area contributed by atoms with E-state index in [1.165, 1.54) is 16.8 Å². The normalized spacial score (nSPS) is 14.7. The monoisotopic (exact) mass is 406 g/mol. The van der Waals surface area contributed by atoms with Gasteiger partial charge in [-0.15, -0.1) is 0 Å². The second-order valence-corrected chi connectivity index (χ2v) is 7.90. The van der Waals surface area contributed by atoms with Crippen molar-refractivity contribution in [3.05, 3.63) is 95.0 Å². The Morgan fingerprint density at radius 3 is 2.07 bits per heavy atom. The Morgan fingerprint density at radius 2 is 1.38 bits per heavy atom. The minimum Gasteiger partial charge on any atom is -0.493 e. The van der Waals surface area contributed by atoms with Gasteiger partial charge >= 0.3 is 0 Å². The predicted molar refractivity (Wildman–Crippen MR) is 121 cm³/mol. The molecule has 3 nitrogen and oxygen atoms in total. The van der Waals surface area contributed by atoms with E-state index in [9.17, 15) is 0 Å². The Bertz CT molecular complexity index is 873. The van der Waals surface area contributed by atoms with Crippen molar-refractivity contribution in [2.45, 2.75) is 13.0 Å². The zero-order valence-corrected chi connectivity index (χ0v) is 17.4. The number of hydrogen-bond donors (Lipinski definition) is 0. The van der Waals surface area contributed by atoms with Crippen molar-refractivity contribution in [1.29, 1.82) is 0 Å². The first kappa shape index (κ1) is 19.8. The first-order valence-corrected chi connectivity index (χ1v) is 10.6. The lowest BCUT2D eigenvalue weighted by Crippen LogP contribution is -2.45. The van der Waals surface area contributed by atoms with Gasteiger partial charge in [-0.05, 0) is 47.5 Å². The van der Waals surface area contributed by atoms with Gasteiger partial charge in [0.25, 0.3) is 0 Å². The van der Waals surface area contributed by atoms with Gasteiger partial charge in [0.1, 0.15) is 5.75 Å². The number of anilines is 1. The third-order valence-corrected chi connectivity index (χ3v) is 5.65. The molecule has 4 rings (SSSR count). The highest BCUT2D eigenvalue weighted by Gasteiger charge is 2.17. The summed E-state index contributed by atoms with van der Waals surface area (Å²) in [6, 6.07) is 27.2. The van der Waals surface area contributed by atoms with Gasteiger partial charge in [0, 0.05) is 49.9 Å². The number of benzene rings is 3. The van der Waals surface area contributed by atoms with E-state index in [0.717, 1.165) is 49.9 Å². The molecule has 29 heavy (non-hydrogen) atoms. The van der Waals surface area contributed by atoms with E-state index in [1.807, 2.05) is 24.3 Å². The summed E-state index contributed by atoms with van der Waals surface area (Å²) in [6.45, 7) is 6.07. The fraction of sp³-hybridized carbons (Fsp3) is 0.280. The van der Waals surface area contributed by atoms with Crippen molar-refractivity contribution in [1.82, 2.24) is 4.90 Å². The number of rotatable bonds is 7. The average Bonchev–Trinajstić information content (AvgIpc) is 2.77. The molecule has 1 fully saturated rings. The van der Waals surface area contributed by atoms with Gasteiger partial charge in [-0.2, -0.15) is 0 Å². The molecule has 0 spiro atoms. The summed E-state index contributed by atoms with van der Waals surface area (Å²) in [5.74, 6) is 0.862. The van der Waals surface area contributed by atoms with E-state index < -0.39 is 0 Å². The second-order valence-electron chi connectivity index (χ2n) is 7.47. The number of halogens is 1. The molecule has 0 bridgehead atoms. The van der Waals surface area contributed by atoms with Crippen molar-refractivity contribution >= 4 is 17.3 Å². The molecule has 4 heteroatoms. The summed E-state index contributed by atoms with van der Waals surface area (Å²) >= 11 is 5.90. The SMILES string of the molecule is Clc1ccc(OCCc2ccc(CN3CCN(c4ccccc4)CC3)cc2)cc1. The van der Waals surface area contributed by atoms with Crippen LogP contribution in [0.15, 0.2) is 78.9 Å². The zero-order valence-electron chi connectivity index (χ0n) is 16.6. The molecule has 0 aromatic heterocycles. The van der Waals surface area contributed by atoms with Crippen LogP contribution >= 0.6 is 11.6 Å². The highest BCUT2D eigenvalue weighted by atomic mass is 35.5. The quantitative estimate of drug-likeness (QED) is 0.530. The van der Waals surface area contributed by atoms with E-state index in [-0.39, 0.29) is 0 Å². The van der Waals surface area contributed by atoms with Gasteiger partial charge in [0.15, 0.2) is 0 Å². The summed E-state index contributed by atoms with van der Waals surface area (Å²) < 4.78 is 5.79. The van der Waals surface area contributed by atoms with Crippen molar-refractivity contribution in [2.24, 2.45) is 0 Å². The minimum absolute atomic E-state index is 0.669. The second kappa shape index (κ2) is 9.82. The zero-order chi connectivity index (χ0) is 19.9. The Hall–Kier alpha value is -2.49. The number of hydrogen-bond acceptors (Lipinski definition) is 3. The molecule has 0 saturated carbocycles. The van der Waals surface area contributed by atoms with Gasteiger partial charge in [0.2, 0.25) is 0 Å². The van der Waals surface area contributed by atoms with Crippen molar-refractivity contribution in [3.63, 3.8) is 0 Å². The van der Waals surface area contributed by atoms with Crippen LogP contribution < -0.4 is 9.64 Å². The molecule has 0 radical (unpaired) electrons. The molecule has 1 saturated heterocycles. The molecule has 1 aliphatic rings. The molecule has 1 aliphatic heterocycles. The van der Waals surface area contributed by atoms with Crippen LogP contribution in [0.25, 0.3) is 0 Å². The maximum Gasteiger partial charge on any atom is 0.119 e. The average molecular weight is 407 g/mol. The summed E-state index contributed by atoms with van der Waals surface area (Å²) in [4.78, 5) is 5.01. The Labute approximate surface area is 178 Å². The van der Waals surface area contributed by atoms with Crippen LogP contribution in [0.1, 0.15) is 11.1 Å². The van der Waals surface area contributed by atoms with Crippen molar-refractivity contribution < 1.29 is 4.74 Å². The number of para-hydroxylation sites is 1. The van der Waals surface area contributed by atoms with Gasteiger partial charge < -0.3 is 9.64 Å². The summed E-state index contributed by atoms with van der Waals surface area (Å²) in [6.07, 6.45) is 0.901. The van der Waals surface area contributed by atoms with Gasteiger partial charge in [-0.3, -0.25) is 4.90 Å². The van der Waals surface area contributed by atoms with Crippen LogP contribution in [0.5, 0.6) is 5.75 Å². The number of ether oxygens (including phenoxy) is 1. The molecular formula is C25H27ClN2O. The van der Waals surface area contributed by atoms with Crippen LogP contribution in [0, 0.1) is 0 Å². The molecule has 0 aliphatic carbocycles. The molecular weight excluding hydrogens is 380 g/mol. The molecule has 3 aromatic carbocycles. The maximum atomic E-state index is 5.90. The van der Waals surface area contributed by atoms with Crippen LogP contribution in [0.3, 0.4) is 0 Å². The first-order chi connectivity index (χ1) is 14.3. The largest absolute Gasteiger partial charge is 0.493 e. The molecule has 0 amide bonds. The molecule has 3 aromatic rings. The smallest absolute Gasteiger partial charge is 0.119 e. The van der Waals surface area contributed by atoms with Gasteiger partial charge in [0.05, 0.1) is 6.61 Å². The lowest BCUT2D eigenvalue weighted by Gasteiger charge is -2.36. The third kappa shape index (κ3) is 5.75. The Morgan fingerprint density at radius 1 is 0.724 bits per heavy atom. The molecule has 0 N–H and O–H groups in total. The van der Waals surface area contributed by atoms with Crippen LogP contribution in [-0.2, 0) is 13.0 Å². The first-order valence-electron chi connectivity index (χ1n) is 10.2. The summed E-state index contributed by atoms with van der Waals surface area (Å²) in [7, 11) is 0. The van der Waals surface area contributed by atoms with Gasteiger partial charge in [-0.25, -0.2) is 0 Å². The third-order valence-electron chi connectivity index (χ3n) is 5.40. The lowest BCUT2D eigenvalue weighted by atomic mass is 10.1. The predicted octanol–water partition coefficient (Wildman–Crippen LogP) is 5.28. The highest BCUT2D eigenvalue weighted by molar-refractivity contribution is 6.30. The van der Waals surface area contributed by atoms with E-state index in [4.69, 9.17) is 16.3 Å². The maximum absolute atomic E-state index is 5.90. The highest BCUT2D eigenvalue weighted by Crippen LogP contribution is 2.18. The van der Waals surface area contributed by atoms with Crippen LogP contribution in [-0.4, -0.2) is 37.7 Å². The standard InChI is InChI=1S/C25H27ClN2O/c26-23-10-12-25(13-11-23)29-19-14-21-6-8-22(9-7-21)20-27-15-17-28(18-16-27)24-4-2-1-3-5-24/h1-13H,14-20H2. The molecule has 150 valence electrons.